The number of benzene rings is 1. The fraction of sp³-hybridized carbons (Fsp3) is 0.500. The van der Waals surface area contributed by atoms with E-state index < -0.39 is 0 Å². The number of carbonyl (C=O) groups excluding carboxylic acids is 1. The summed E-state index contributed by atoms with van der Waals surface area (Å²) < 4.78 is 10.2. The molecule has 0 bridgehead atoms. The number of carbonyl (C=O) groups is 1. The van der Waals surface area contributed by atoms with E-state index in [9.17, 15) is 4.79 Å². The minimum Gasteiger partial charge on any atom is -0.465 e. The van der Waals surface area contributed by atoms with E-state index in [4.69, 9.17) is 9.47 Å². The van der Waals surface area contributed by atoms with Gasteiger partial charge in [0.05, 0.1) is 19.3 Å². The van der Waals surface area contributed by atoms with Gasteiger partial charge in [0.2, 0.25) is 0 Å². The fourth-order valence-electron chi connectivity index (χ4n) is 1.43. The first-order chi connectivity index (χ1) is 8.79. The van der Waals surface area contributed by atoms with Crippen molar-refractivity contribution in [1.29, 1.82) is 0 Å². The largest absolute Gasteiger partial charge is 0.465 e. The Morgan fingerprint density at radius 2 is 2.06 bits per heavy atom. The van der Waals surface area contributed by atoms with Gasteiger partial charge in [0.25, 0.3) is 0 Å². The third-order valence-electron chi connectivity index (χ3n) is 2.42. The zero-order chi connectivity index (χ0) is 13.2. The van der Waals surface area contributed by atoms with Crippen molar-refractivity contribution in [3.63, 3.8) is 0 Å². The molecule has 0 amide bonds. The molecule has 0 aliphatic heterocycles. The van der Waals surface area contributed by atoms with Gasteiger partial charge >= 0.3 is 5.97 Å². The van der Waals surface area contributed by atoms with Crippen LogP contribution in [0.25, 0.3) is 0 Å². The SMILES string of the molecule is CCCCOCCSc1ccccc1C(=O)OC. The van der Waals surface area contributed by atoms with E-state index in [1.807, 2.05) is 18.2 Å². The molecule has 0 unspecified atom stereocenters. The summed E-state index contributed by atoms with van der Waals surface area (Å²) >= 11 is 1.62. The van der Waals surface area contributed by atoms with Crippen LogP contribution in [0.2, 0.25) is 0 Å². The van der Waals surface area contributed by atoms with Gasteiger partial charge < -0.3 is 9.47 Å². The van der Waals surface area contributed by atoms with E-state index in [0.717, 1.165) is 30.1 Å². The molecule has 3 nitrogen and oxygen atoms in total. The summed E-state index contributed by atoms with van der Waals surface area (Å²) in [7, 11) is 1.40. The number of esters is 1. The second-order valence-electron chi connectivity index (χ2n) is 3.80. The predicted octanol–water partition coefficient (Wildman–Crippen LogP) is 3.38. The lowest BCUT2D eigenvalue weighted by molar-refractivity contribution is 0.0596. The van der Waals surface area contributed by atoms with Crippen LogP contribution in [0.15, 0.2) is 29.2 Å². The number of rotatable bonds is 8. The van der Waals surface area contributed by atoms with Gasteiger partial charge in [-0.1, -0.05) is 25.5 Å². The molecule has 0 aliphatic rings. The number of hydrogen-bond acceptors (Lipinski definition) is 4. The summed E-state index contributed by atoms with van der Waals surface area (Å²) in [6, 6.07) is 7.48. The smallest absolute Gasteiger partial charge is 0.338 e. The molecule has 0 heterocycles. The summed E-state index contributed by atoms with van der Waals surface area (Å²) in [5.41, 5.74) is 0.624. The van der Waals surface area contributed by atoms with Crippen LogP contribution in [0.5, 0.6) is 0 Å². The number of hydrogen-bond donors (Lipinski definition) is 0. The molecule has 0 aromatic heterocycles. The van der Waals surface area contributed by atoms with E-state index in [1.165, 1.54) is 7.11 Å². The third-order valence-corrected chi connectivity index (χ3v) is 3.46. The molecule has 0 spiro atoms. The zero-order valence-electron chi connectivity index (χ0n) is 11.0. The third kappa shape index (κ3) is 5.10. The highest BCUT2D eigenvalue weighted by Gasteiger charge is 2.10. The highest BCUT2D eigenvalue weighted by molar-refractivity contribution is 7.99. The molecule has 18 heavy (non-hydrogen) atoms. The molecule has 1 rings (SSSR count). The molecule has 100 valence electrons. The number of thioether (sulfide) groups is 1. The lowest BCUT2D eigenvalue weighted by Crippen LogP contribution is -2.04. The summed E-state index contributed by atoms with van der Waals surface area (Å²) in [6.45, 7) is 3.67. The highest BCUT2D eigenvalue weighted by Crippen LogP contribution is 2.22. The van der Waals surface area contributed by atoms with Crippen LogP contribution in [0, 0.1) is 0 Å². The van der Waals surface area contributed by atoms with Crippen molar-refractivity contribution in [3.8, 4) is 0 Å². The van der Waals surface area contributed by atoms with Gasteiger partial charge in [0.1, 0.15) is 0 Å². The molecule has 0 radical (unpaired) electrons. The maximum absolute atomic E-state index is 11.5. The van der Waals surface area contributed by atoms with Crippen molar-refractivity contribution in [2.24, 2.45) is 0 Å². The Balaban J connectivity index is 2.39. The number of methoxy groups -OCH3 is 1. The van der Waals surface area contributed by atoms with Gasteiger partial charge in [-0.15, -0.1) is 11.8 Å². The van der Waals surface area contributed by atoms with Crippen LogP contribution < -0.4 is 0 Å². The Labute approximate surface area is 113 Å². The Kier molecular flexibility index (Phi) is 7.53. The van der Waals surface area contributed by atoms with Crippen molar-refractivity contribution < 1.29 is 14.3 Å². The van der Waals surface area contributed by atoms with Crippen LogP contribution in [-0.2, 0) is 9.47 Å². The minimum absolute atomic E-state index is 0.287. The molecule has 1 aromatic rings. The van der Waals surface area contributed by atoms with Crippen LogP contribution in [0.3, 0.4) is 0 Å². The Bertz CT molecular complexity index is 366. The maximum Gasteiger partial charge on any atom is 0.338 e. The first-order valence-corrected chi connectivity index (χ1v) is 7.16. The molecule has 0 saturated heterocycles. The molecule has 0 saturated carbocycles. The first-order valence-electron chi connectivity index (χ1n) is 6.17. The van der Waals surface area contributed by atoms with Gasteiger partial charge in [0, 0.05) is 17.3 Å². The summed E-state index contributed by atoms with van der Waals surface area (Å²) in [6.07, 6.45) is 2.25. The molecule has 0 fully saturated rings. The fourth-order valence-corrected chi connectivity index (χ4v) is 2.33. The van der Waals surface area contributed by atoms with Gasteiger partial charge in [-0.2, -0.15) is 0 Å². The predicted molar refractivity (Wildman–Crippen MR) is 74.2 cm³/mol. The standard InChI is InChI=1S/C14H20O3S/c1-3-4-9-17-10-11-18-13-8-6-5-7-12(13)14(15)16-2/h5-8H,3-4,9-11H2,1-2H3. The van der Waals surface area contributed by atoms with Crippen molar-refractivity contribution >= 4 is 17.7 Å². The lowest BCUT2D eigenvalue weighted by Gasteiger charge is -2.07. The van der Waals surface area contributed by atoms with Crippen LogP contribution in [0.4, 0.5) is 0 Å². The van der Waals surface area contributed by atoms with E-state index in [0.29, 0.717) is 12.2 Å². The maximum atomic E-state index is 11.5. The number of unbranched alkanes of at least 4 members (excludes halogenated alkanes) is 1. The molecule has 0 N–H and O–H groups in total. The Morgan fingerprint density at radius 3 is 2.78 bits per heavy atom. The average molecular weight is 268 g/mol. The molecule has 0 aliphatic carbocycles. The molecular formula is C14H20O3S. The first kappa shape index (κ1) is 15.1. The van der Waals surface area contributed by atoms with Crippen LogP contribution >= 0.6 is 11.8 Å². The van der Waals surface area contributed by atoms with Crippen molar-refractivity contribution in [2.45, 2.75) is 24.7 Å². The Hall–Kier alpha value is -1.00. The van der Waals surface area contributed by atoms with E-state index in [2.05, 4.69) is 6.92 Å². The normalized spacial score (nSPS) is 10.3. The second kappa shape index (κ2) is 9.00. The highest BCUT2D eigenvalue weighted by atomic mass is 32.2. The van der Waals surface area contributed by atoms with E-state index in [-0.39, 0.29) is 5.97 Å². The summed E-state index contributed by atoms with van der Waals surface area (Å²) in [5.74, 6) is 0.558. The quantitative estimate of drug-likeness (QED) is 0.411. The monoisotopic (exact) mass is 268 g/mol. The van der Waals surface area contributed by atoms with Crippen molar-refractivity contribution in [3.05, 3.63) is 29.8 Å². The van der Waals surface area contributed by atoms with Crippen molar-refractivity contribution in [2.75, 3.05) is 26.1 Å². The molecular weight excluding hydrogens is 248 g/mol. The van der Waals surface area contributed by atoms with Gasteiger partial charge in [0.15, 0.2) is 0 Å². The lowest BCUT2D eigenvalue weighted by atomic mass is 10.2. The van der Waals surface area contributed by atoms with E-state index >= 15 is 0 Å². The van der Waals surface area contributed by atoms with E-state index in [1.54, 1.807) is 17.8 Å². The number of ether oxygens (including phenoxy) is 2. The molecule has 1 aromatic carbocycles. The minimum atomic E-state index is -0.287. The molecule has 4 heteroatoms. The summed E-state index contributed by atoms with van der Waals surface area (Å²) in [5, 5.41) is 0. The van der Waals surface area contributed by atoms with Gasteiger partial charge in [-0.25, -0.2) is 4.79 Å². The van der Waals surface area contributed by atoms with Crippen LogP contribution in [-0.4, -0.2) is 32.0 Å². The zero-order valence-corrected chi connectivity index (χ0v) is 11.8. The van der Waals surface area contributed by atoms with Gasteiger partial charge in [-0.3, -0.25) is 0 Å². The topological polar surface area (TPSA) is 35.5 Å². The van der Waals surface area contributed by atoms with Gasteiger partial charge in [-0.05, 0) is 18.6 Å². The van der Waals surface area contributed by atoms with Crippen LogP contribution in [0.1, 0.15) is 30.1 Å². The summed E-state index contributed by atoms with van der Waals surface area (Å²) in [4.78, 5) is 12.5. The molecule has 0 atom stereocenters. The second-order valence-corrected chi connectivity index (χ2v) is 4.94. The Morgan fingerprint density at radius 1 is 1.28 bits per heavy atom. The average Bonchev–Trinajstić information content (AvgIpc) is 2.42. The van der Waals surface area contributed by atoms with Crippen molar-refractivity contribution in [1.82, 2.24) is 0 Å².